The number of rotatable bonds is 7. The SMILES string of the molecule is CCn1c(CN2CCCCCC2=O)nnc1S[C@H](C)C(=O)NC1CCCCCC1. The van der Waals surface area contributed by atoms with E-state index in [4.69, 9.17) is 0 Å². The van der Waals surface area contributed by atoms with Crippen molar-refractivity contribution >= 4 is 23.6 Å². The molecule has 1 atom stereocenters. The topological polar surface area (TPSA) is 80.1 Å². The Labute approximate surface area is 178 Å². The van der Waals surface area contributed by atoms with Crippen LogP contribution in [-0.4, -0.2) is 49.3 Å². The first-order valence-electron chi connectivity index (χ1n) is 11.3. The number of hydrogen-bond acceptors (Lipinski definition) is 5. The number of amides is 2. The lowest BCUT2D eigenvalue weighted by atomic mass is 10.1. The number of carbonyl (C=O) groups is 2. The van der Waals surface area contributed by atoms with Crippen molar-refractivity contribution in [1.82, 2.24) is 25.0 Å². The van der Waals surface area contributed by atoms with Gasteiger partial charge < -0.3 is 14.8 Å². The summed E-state index contributed by atoms with van der Waals surface area (Å²) in [6.07, 6.45) is 10.9. The predicted octanol–water partition coefficient (Wildman–Crippen LogP) is 3.52. The van der Waals surface area contributed by atoms with Gasteiger partial charge in [0.05, 0.1) is 11.8 Å². The molecule has 0 spiro atoms. The number of thioether (sulfide) groups is 1. The molecule has 2 aliphatic rings. The fraction of sp³-hybridized carbons (Fsp3) is 0.810. The van der Waals surface area contributed by atoms with Crippen molar-refractivity contribution in [1.29, 1.82) is 0 Å². The number of aromatic nitrogens is 3. The van der Waals surface area contributed by atoms with Crippen LogP contribution in [0.4, 0.5) is 0 Å². The van der Waals surface area contributed by atoms with Crippen molar-refractivity contribution < 1.29 is 9.59 Å². The van der Waals surface area contributed by atoms with Crippen molar-refractivity contribution in [3.63, 3.8) is 0 Å². The highest BCUT2D eigenvalue weighted by atomic mass is 32.2. The Morgan fingerprint density at radius 3 is 2.59 bits per heavy atom. The van der Waals surface area contributed by atoms with E-state index in [-0.39, 0.29) is 17.1 Å². The predicted molar refractivity (Wildman–Crippen MR) is 115 cm³/mol. The minimum absolute atomic E-state index is 0.0804. The van der Waals surface area contributed by atoms with Gasteiger partial charge in [0.15, 0.2) is 11.0 Å². The molecule has 1 saturated carbocycles. The normalized spacial score (nSPS) is 20.2. The summed E-state index contributed by atoms with van der Waals surface area (Å²) in [5, 5.41) is 12.5. The largest absolute Gasteiger partial charge is 0.352 e. The minimum atomic E-state index is -0.222. The smallest absolute Gasteiger partial charge is 0.233 e. The van der Waals surface area contributed by atoms with Crippen LogP contribution in [0.15, 0.2) is 5.16 Å². The number of nitrogens with one attached hydrogen (secondary N) is 1. The summed E-state index contributed by atoms with van der Waals surface area (Å²) in [5.74, 6) is 1.09. The standard InChI is InChI=1S/C21H35N5O2S/c1-3-26-18(15-25-14-10-6-9-13-19(25)27)23-24-21(26)29-16(2)20(28)22-17-11-7-4-5-8-12-17/h16-17H,3-15H2,1-2H3,(H,22,28)/t16-/m1/s1. The van der Waals surface area contributed by atoms with E-state index >= 15 is 0 Å². The Balaban J connectivity index is 1.60. The van der Waals surface area contributed by atoms with Gasteiger partial charge in [-0.2, -0.15) is 0 Å². The van der Waals surface area contributed by atoms with E-state index in [2.05, 4.69) is 22.4 Å². The van der Waals surface area contributed by atoms with Crippen LogP contribution in [0.5, 0.6) is 0 Å². The average molecular weight is 422 g/mol. The zero-order chi connectivity index (χ0) is 20.6. The Kier molecular flexibility index (Phi) is 8.39. The third kappa shape index (κ3) is 6.20. The van der Waals surface area contributed by atoms with E-state index in [1.165, 1.54) is 37.4 Å². The van der Waals surface area contributed by atoms with Crippen LogP contribution in [0.1, 0.15) is 83.9 Å². The lowest BCUT2D eigenvalue weighted by Crippen LogP contribution is -2.39. The van der Waals surface area contributed by atoms with Crippen LogP contribution >= 0.6 is 11.8 Å². The van der Waals surface area contributed by atoms with E-state index in [9.17, 15) is 9.59 Å². The number of likely N-dealkylation sites (tertiary alicyclic amines) is 1. The van der Waals surface area contributed by atoms with E-state index < -0.39 is 0 Å². The summed E-state index contributed by atoms with van der Waals surface area (Å²) in [6, 6.07) is 0.307. The summed E-state index contributed by atoms with van der Waals surface area (Å²) >= 11 is 1.46. The fourth-order valence-corrected chi connectivity index (χ4v) is 5.11. The van der Waals surface area contributed by atoms with Crippen molar-refractivity contribution in [2.75, 3.05) is 6.54 Å². The molecule has 2 heterocycles. The van der Waals surface area contributed by atoms with Gasteiger partial charge in [0.1, 0.15) is 0 Å². The molecule has 1 aliphatic heterocycles. The van der Waals surface area contributed by atoms with Crippen molar-refractivity contribution in [2.45, 2.75) is 108 Å². The molecule has 1 saturated heterocycles. The molecule has 2 amide bonds. The highest BCUT2D eigenvalue weighted by Crippen LogP contribution is 2.25. The second kappa shape index (κ2) is 11.0. The minimum Gasteiger partial charge on any atom is -0.352 e. The van der Waals surface area contributed by atoms with Gasteiger partial charge in [-0.05, 0) is 39.5 Å². The molecule has 29 heavy (non-hydrogen) atoms. The van der Waals surface area contributed by atoms with Gasteiger partial charge in [0.2, 0.25) is 11.8 Å². The summed E-state index contributed by atoms with van der Waals surface area (Å²) in [7, 11) is 0. The van der Waals surface area contributed by atoms with E-state index in [1.807, 2.05) is 16.4 Å². The molecular weight excluding hydrogens is 386 g/mol. The molecule has 1 aliphatic carbocycles. The van der Waals surface area contributed by atoms with E-state index in [0.29, 0.717) is 19.0 Å². The molecule has 0 bridgehead atoms. The van der Waals surface area contributed by atoms with Gasteiger partial charge in [-0.25, -0.2) is 0 Å². The van der Waals surface area contributed by atoms with Crippen LogP contribution in [-0.2, 0) is 22.7 Å². The molecule has 1 aromatic heterocycles. The number of hydrogen-bond donors (Lipinski definition) is 1. The van der Waals surface area contributed by atoms with Gasteiger partial charge in [0.25, 0.3) is 0 Å². The van der Waals surface area contributed by atoms with Gasteiger partial charge in [-0.3, -0.25) is 9.59 Å². The molecule has 162 valence electrons. The van der Waals surface area contributed by atoms with Crippen molar-refractivity contribution in [3.05, 3.63) is 5.82 Å². The number of carbonyl (C=O) groups excluding carboxylic acids is 2. The zero-order valence-electron chi connectivity index (χ0n) is 17.9. The maximum absolute atomic E-state index is 12.7. The monoisotopic (exact) mass is 421 g/mol. The second-order valence-electron chi connectivity index (χ2n) is 8.23. The first-order chi connectivity index (χ1) is 14.1. The zero-order valence-corrected chi connectivity index (χ0v) is 18.7. The molecule has 3 rings (SSSR count). The molecular formula is C21H35N5O2S. The van der Waals surface area contributed by atoms with E-state index in [1.54, 1.807) is 0 Å². The van der Waals surface area contributed by atoms with Gasteiger partial charge in [-0.15, -0.1) is 10.2 Å². The Bertz CT molecular complexity index is 685. The average Bonchev–Trinajstić information content (AvgIpc) is 2.86. The Morgan fingerprint density at radius 1 is 1.14 bits per heavy atom. The summed E-state index contributed by atoms with van der Waals surface area (Å²) in [4.78, 5) is 26.9. The van der Waals surface area contributed by atoms with E-state index in [0.717, 1.165) is 56.2 Å². The second-order valence-corrected chi connectivity index (χ2v) is 9.53. The molecule has 1 N–H and O–H groups in total. The Morgan fingerprint density at radius 2 is 1.86 bits per heavy atom. The van der Waals surface area contributed by atoms with Gasteiger partial charge >= 0.3 is 0 Å². The first-order valence-corrected chi connectivity index (χ1v) is 12.1. The summed E-state index contributed by atoms with van der Waals surface area (Å²) < 4.78 is 2.04. The van der Waals surface area contributed by atoms with Crippen LogP contribution in [0, 0.1) is 0 Å². The highest BCUT2D eigenvalue weighted by molar-refractivity contribution is 8.00. The van der Waals surface area contributed by atoms with Crippen LogP contribution in [0.25, 0.3) is 0 Å². The summed E-state index contributed by atoms with van der Waals surface area (Å²) in [6.45, 7) is 6.01. The highest BCUT2D eigenvalue weighted by Gasteiger charge is 2.24. The third-order valence-corrected chi connectivity index (χ3v) is 7.05. The van der Waals surface area contributed by atoms with Crippen molar-refractivity contribution in [3.8, 4) is 0 Å². The molecule has 0 radical (unpaired) electrons. The quantitative estimate of drug-likeness (QED) is 0.538. The van der Waals surface area contributed by atoms with Gasteiger partial charge in [0, 0.05) is 25.6 Å². The van der Waals surface area contributed by atoms with Crippen LogP contribution in [0.3, 0.4) is 0 Å². The fourth-order valence-electron chi connectivity index (χ4n) is 4.17. The van der Waals surface area contributed by atoms with Gasteiger partial charge in [-0.1, -0.05) is 43.9 Å². The number of nitrogens with zero attached hydrogens (tertiary/aromatic N) is 4. The maximum Gasteiger partial charge on any atom is 0.233 e. The molecule has 8 heteroatoms. The van der Waals surface area contributed by atoms with Crippen LogP contribution < -0.4 is 5.32 Å². The molecule has 0 unspecified atom stereocenters. The van der Waals surface area contributed by atoms with Crippen LogP contribution in [0.2, 0.25) is 0 Å². The molecule has 2 fully saturated rings. The third-order valence-electron chi connectivity index (χ3n) is 5.97. The first kappa shape index (κ1) is 22.1. The summed E-state index contributed by atoms with van der Waals surface area (Å²) in [5.41, 5.74) is 0. The lowest BCUT2D eigenvalue weighted by molar-refractivity contribution is -0.131. The molecule has 0 aromatic carbocycles. The lowest BCUT2D eigenvalue weighted by Gasteiger charge is -2.21. The Hall–Kier alpha value is -1.57. The molecule has 7 nitrogen and oxygen atoms in total. The maximum atomic E-state index is 12.7. The van der Waals surface area contributed by atoms with Crippen molar-refractivity contribution in [2.24, 2.45) is 0 Å². The molecule has 1 aromatic rings.